The lowest BCUT2D eigenvalue weighted by atomic mass is 9.99. The monoisotopic (exact) mass is 219 g/mol. The van der Waals surface area contributed by atoms with Crippen LogP contribution in [0.2, 0.25) is 0 Å². The summed E-state index contributed by atoms with van der Waals surface area (Å²) < 4.78 is 5.22. The van der Waals surface area contributed by atoms with Gasteiger partial charge in [0, 0.05) is 17.8 Å². The van der Waals surface area contributed by atoms with E-state index in [1.807, 2.05) is 12.1 Å². The van der Waals surface area contributed by atoms with Gasteiger partial charge in [-0.2, -0.15) is 0 Å². The van der Waals surface area contributed by atoms with E-state index < -0.39 is 0 Å². The van der Waals surface area contributed by atoms with Crippen LogP contribution in [0.3, 0.4) is 0 Å². The quantitative estimate of drug-likeness (QED) is 0.834. The van der Waals surface area contributed by atoms with Crippen LogP contribution in [-0.2, 0) is 0 Å². The van der Waals surface area contributed by atoms with Gasteiger partial charge in [0.2, 0.25) is 0 Å². The van der Waals surface area contributed by atoms with Gasteiger partial charge in [-0.15, -0.1) is 0 Å². The molecule has 16 heavy (non-hydrogen) atoms. The summed E-state index contributed by atoms with van der Waals surface area (Å²) >= 11 is 0. The first-order valence-corrected chi connectivity index (χ1v) is 6.20. The zero-order valence-electron chi connectivity index (χ0n) is 10.2. The molecule has 0 amide bonds. The molecule has 1 fully saturated rings. The zero-order chi connectivity index (χ0) is 11.4. The fourth-order valence-corrected chi connectivity index (χ4v) is 2.55. The summed E-state index contributed by atoms with van der Waals surface area (Å²) in [6.07, 6.45) is 5.54. The van der Waals surface area contributed by atoms with Crippen molar-refractivity contribution in [2.24, 2.45) is 5.92 Å². The largest absolute Gasteiger partial charge is 0.497 e. The van der Waals surface area contributed by atoms with Crippen molar-refractivity contribution in [1.29, 1.82) is 0 Å². The highest BCUT2D eigenvalue weighted by molar-refractivity contribution is 5.48. The smallest absolute Gasteiger partial charge is 0.120 e. The number of anilines is 1. The maximum Gasteiger partial charge on any atom is 0.120 e. The van der Waals surface area contributed by atoms with E-state index in [1.165, 1.54) is 31.4 Å². The second-order valence-corrected chi connectivity index (χ2v) is 4.71. The highest BCUT2D eigenvalue weighted by Gasteiger charge is 2.21. The molecule has 2 nitrogen and oxygen atoms in total. The first kappa shape index (κ1) is 11.3. The second-order valence-electron chi connectivity index (χ2n) is 4.71. The maximum absolute atomic E-state index is 5.22. The van der Waals surface area contributed by atoms with Crippen LogP contribution in [0, 0.1) is 5.92 Å². The van der Waals surface area contributed by atoms with Gasteiger partial charge < -0.3 is 10.1 Å². The molecule has 1 aliphatic rings. The van der Waals surface area contributed by atoms with Crippen molar-refractivity contribution in [2.75, 3.05) is 12.4 Å². The van der Waals surface area contributed by atoms with Crippen LogP contribution in [0.25, 0.3) is 0 Å². The van der Waals surface area contributed by atoms with Crippen LogP contribution in [0.15, 0.2) is 24.3 Å². The Morgan fingerprint density at radius 2 is 2.06 bits per heavy atom. The summed E-state index contributed by atoms with van der Waals surface area (Å²) in [6.45, 7) is 2.29. The van der Waals surface area contributed by atoms with E-state index in [4.69, 9.17) is 4.74 Å². The van der Waals surface area contributed by atoms with Crippen LogP contribution in [0.1, 0.15) is 32.6 Å². The van der Waals surface area contributed by atoms with Gasteiger partial charge in [0.05, 0.1) is 7.11 Å². The van der Waals surface area contributed by atoms with Gasteiger partial charge in [0.1, 0.15) is 5.75 Å². The maximum atomic E-state index is 5.22. The summed E-state index contributed by atoms with van der Waals surface area (Å²) in [5.41, 5.74) is 1.17. The van der Waals surface area contributed by atoms with Gasteiger partial charge >= 0.3 is 0 Å². The molecule has 0 radical (unpaired) electrons. The lowest BCUT2D eigenvalue weighted by molar-refractivity contribution is 0.414. The molecule has 1 unspecified atom stereocenters. The van der Waals surface area contributed by atoms with Crippen LogP contribution in [-0.4, -0.2) is 13.2 Å². The Hall–Kier alpha value is -1.18. The first-order valence-electron chi connectivity index (χ1n) is 6.20. The van der Waals surface area contributed by atoms with Crippen LogP contribution < -0.4 is 10.1 Å². The molecule has 2 heteroatoms. The van der Waals surface area contributed by atoms with E-state index >= 15 is 0 Å². The SMILES string of the molecule is COc1cccc(NC(C)C2CCCC2)c1. The molecular formula is C14H21NO. The van der Waals surface area contributed by atoms with E-state index in [-0.39, 0.29) is 0 Å². The van der Waals surface area contributed by atoms with Crippen molar-refractivity contribution < 1.29 is 4.74 Å². The van der Waals surface area contributed by atoms with E-state index in [0.717, 1.165) is 11.7 Å². The minimum atomic E-state index is 0.564. The second kappa shape index (κ2) is 5.24. The lowest BCUT2D eigenvalue weighted by Gasteiger charge is -2.21. The van der Waals surface area contributed by atoms with Gasteiger partial charge in [-0.25, -0.2) is 0 Å². The molecule has 1 saturated carbocycles. The Morgan fingerprint density at radius 3 is 2.75 bits per heavy atom. The van der Waals surface area contributed by atoms with Gasteiger partial charge in [-0.05, 0) is 37.8 Å². The molecular weight excluding hydrogens is 198 g/mol. The number of nitrogens with one attached hydrogen (secondary N) is 1. The normalized spacial score (nSPS) is 18.4. The third-order valence-electron chi connectivity index (χ3n) is 3.57. The third kappa shape index (κ3) is 2.69. The third-order valence-corrected chi connectivity index (χ3v) is 3.57. The minimum Gasteiger partial charge on any atom is -0.497 e. The van der Waals surface area contributed by atoms with Gasteiger partial charge in [-0.1, -0.05) is 18.9 Å². The average Bonchev–Trinajstić information content (AvgIpc) is 2.83. The van der Waals surface area contributed by atoms with Crippen molar-refractivity contribution in [1.82, 2.24) is 0 Å². The first-order chi connectivity index (χ1) is 7.79. The number of hydrogen-bond acceptors (Lipinski definition) is 2. The molecule has 2 rings (SSSR count). The van der Waals surface area contributed by atoms with Crippen molar-refractivity contribution in [3.8, 4) is 5.75 Å². The van der Waals surface area contributed by atoms with E-state index in [0.29, 0.717) is 6.04 Å². The highest BCUT2D eigenvalue weighted by Crippen LogP contribution is 2.29. The van der Waals surface area contributed by atoms with E-state index in [9.17, 15) is 0 Å². The summed E-state index contributed by atoms with van der Waals surface area (Å²) in [7, 11) is 1.71. The molecule has 0 bridgehead atoms. The Kier molecular flexibility index (Phi) is 3.70. The molecule has 88 valence electrons. The molecule has 0 aromatic heterocycles. The summed E-state index contributed by atoms with van der Waals surface area (Å²) in [6, 6.07) is 8.74. The highest BCUT2D eigenvalue weighted by atomic mass is 16.5. The fraction of sp³-hybridized carbons (Fsp3) is 0.571. The zero-order valence-corrected chi connectivity index (χ0v) is 10.2. The standard InChI is InChI=1S/C14H21NO/c1-11(12-6-3-4-7-12)15-13-8-5-9-14(10-13)16-2/h5,8-12,15H,3-4,6-7H2,1-2H3. The number of ether oxygens (including phenoxy) is 1. The molecule has 1 N–H and O–H groups in total. The van der Waals surface area contributed by atoms with Gasteiger partial charge in [-0.3, -0.25) is 0 Å². The van der Waals surface area contributed by atoms with Crippen molar-refractivity contribution in [3.05, 3.63) is 24.3 Å². The number of rotatable bonds is 4. The Bertz CT molecular complexity index is 331. The summed E-state index contributed by atoms with van der Waals surface area (Å²) in [5, 5.41) is 3.58. The molecule has 0 aliphatic heterocycles. The van der Waals surface area contributed by atoms with Crippen molar-refractivity contribution in [2.45, 2.75) is 38.6 Å². The number of methoxy groups -OCH3 is 1. The summed E-state index contributed by atoms with van der Waals surface area (Å²) in [5.74, 6) is 1.76. The topological polar surface area (TPSA) is 21.3 Å². The van der Waals surface area contributed by atoms with Crippen LogP contribution in [0.4, 0.5) is 5.69 Å². The van der Waals surface area contributed by atoms with Crippen molar-refractivity contribution in [3.63, 3.8) is 0 Å². The Labute approximate surface area is 98.0 Å². The minimum absolute atomic E-state index is 0.564. The molecule has 1 aromatic carbocycles. The Morgan fingerprint density at radius 1 is 1.31 bits per heavy atom. The molecule has 1 aromatic rings. The van der Waals surface area contributed by atoms with Crippen molar-refractivity contribution >= 4 is 5.69 Å². The Balaban J connectivity index is 1.96. The van der Waals surface area contributed by atoms with Crippen LogP contribution in [0.5, 0.6) is 5.75 Å². The molecule has 1 atom stereocenters. The molecule has 1 aliphatic carbocycles. The number of benzene rings is 1. The van der Waals surface area contributed by atoms with E-state index in [2.05, 4.69) is 24.4 Å². The van der Waals surface area contributed by atoms with Crippen LogP contribution >= 0.6 is 0 Å². The fourth-order valence-electron chi connectivity index (χ4n) is 2.55. The van der Waals surface area contributed by atoms with E-state index in [1.54, 1.807) is 7.11 Å². The lowest BCUT2D eigenvalue weighted by Crippen LogP contribution is -2.23. The molecule has 0 saturated heterocycles. The average molecular weight is 219 g/mol. The van der Waals surface area contributed by atoms with Gasteiger partial charge in [0.15, 0.2) is 0 Å². The molecule has 0 heterocycles. The van der Waals surface area contributed by atoms with Gasteiger partial charge in [0.25, 0.3) is 0 Å². The summed E-state index contributed by atoms with van der Waals surface area (Å²) in [4.78, 5) is 0. The molecule has 0 spiro atoms. The number of hydrogen-bond donors (Lipinski definition) is 1. The predicted octanol–water partition coefficient (Wildman–Crippen LogP) is 3.69. The predicted molar refractivity (Wildman–Crippen MR) is 68.0 cm³/mol.